The molecule has 0 unspecified atom stereocenters. The highest BCUT2D eigenvalue weighted by Gasteiger charge is 2.35. The van der Waals surface area contributed by atoms with Crippen molar-refractivity contribution in [3.05, 3.63) is 45.9 Å². The number of nitrogens with one attached hydrogen (secondary N) is 2. The molecule has 162 valence electrons. The number of hydrogen-bond acceptors (Lipinski definition) is 8. The molecule has 0 aliphatic heterocycles. The number of nitrogens with zero attached hydrogens (tertiary/aromatic N) is 4. The van der Waals surface area contributed by atoms with E-state index in [2.05, 4.69) is 25.6 Å². The van der Waals surface area contributed by atoms with Crippen LogP contribution in [0.4, 0.5) is 30.6 Å². The zero-order valence-electron chi connectivity index (χ0n) is 16.0. The number of rotatable bonds is 7. The molecule has 1 saturated carbocycles. The van der Waals surface area contributed by atoms with E-state index < -0.39 is 16.8 Å². The number of hydrogen-bond donors (Lipinski definition) is 3. The van der Waals surface area contributed by atoms with E-state index in [4.69, 9.17) is 5.73 Å². The normalized spacial score (nSPS) is 19.3. The van der Waals surface area contributed by atoms with Crippen molar-refractivity contribution < 1.29 is 18.1 Å². The van der Waals surface area contributed by atoms with Crippen LogP contribution in [0.3, 0.4) is 0 Å². The third-order valence-electron chi connectivity index (χ3n) is 5.01. The zero-order chi connectivity index (χ0) is 21.7. The van der Waals surface area contributed by atoms with Crippen molar-refractivity contribution in [2.45, 2.75) is 44.4 Å². The Morgan fingerprint density at radius 1 is 1.20 bits per heavy atom. The van der Waals surface area contributed by atoms with Gasteiger partial charge in [-0.15, -0.1) is 0 Å². The van der Waals surface area contributed by atoms with Gasteiger partial charge >= 0.3 is 11.9 Å². The Labute approximate surface area is 170 Å². The molecule has 0 spiro atoms. The second kappa shape index (κ2) is 9.20. The van der Waals surface area contributed by atoms with Crippen LogP contribution in [0.1, 0.15) is 36.9 Å². The third-order valence-corrected chi connectivity index (χ3v) is 5.01. The molecule has 0 saturated heterocycles. The molecule has 12 heteroatoms. The van der Waals surface area contributed by atoms with Crippen molar-refractivity contribution in [2.75, 3.05) is 17.2 Å². The summed E-state index contributed by atoms with van der Waals surface area (Å²) in [6, 6.07) is 2.88. The molecule has 3 rings (SSSR count). The topological polar surface area (TPSA) is 132 Å². The van der Waals surface area contributed by atoms with Crippen LogP contribution >= 0.6 is 0 Å². The largest absolute Gasteiger partial charge is 0.433 e. The van der Waals surface area contributed by atoms with E-state index in [9.17, 15) is 23.3 Å². The quantitative estimate of drug-likeness (QED) is 0.455. The number of alkyl halides is 3. The van der Waals surface area contributed by atoms with E-state index in [-0.39, 0.29) is 35.6 Å². The molecule has 9 nitrogen and oxygen atoms in total. The molecule has 2 aromatic heterocycles. The molecular weight excluding hydrogens is 403 g/mol. The fourth-order valence-corrected chi connectivity index (χ4v) is 3.37. The summed E-state index contributed by atoms with van der Waals surface area (Å²) in [5.41, 5.74) is 4.50. The lowest BCUT2D eigenvalue weighted by Gasteiger charge is -2.26. The summed E-state index contributed by atoms with van der Waals surface area (Å²) in [6.45, 7) is 0.255. The first-order valence-electron chi connectivity index (χ1n) is 9.50. The molecular formula is C18H22F3N7O2. The van der Waals surface area contributed by atoms with E-state index in [0.29, 0.717) is 12.5 Å². The van der Waals surface area contributed by atoms with Gasteiger partial charge in [-0.2, -0.15) is 18.2 Å². The second-order valence-electron chi connectivity index (χ2n) is 7.21. The summed E-state index contributed by atoms with van der Waals surface area (Å²) in [7, 11) is 0. The molecule has 0 radical (unpaired) electrons. The van der Waals surface area contributed by atoms with Gasteiger partial charge in [-0.3, -0.25) is 15.1 Å². The Morgan fingerprint density at radius 2 is 1.93 bits per heavy atom. The van der Waals surface area contributed by atoms with Crippen LogP contribution in [0.2, 0.25) is 0 Å². The van der Waals surface area contributed by atoms with Crippen LogP contribution in [0, 0.1) is 16.0 Å². The summed E-state index contributed by atoms with van der Waals surface area (Å²) >= 11 is 0. The SMILES string of the molecule is N[C@H]1CC[C@H](CNc2nc(NCc3cccnc3C(F)(F)F)ncc2[N+](=O)[O-])CC1. The number of nitro groups is 1. The average molecular weight is 425 g/mol. The van der Waals surface area contributed by atoms with Crippen molar-refractivity contribution in [1.29, 1.82) is 0 Å². The zero-order valence-corrected chi connectivity index (χ0v) is 16.0. The van der Waals surface area contributed by atoms with Gasteiger partial charge < -0.3 is 16.4 Å². The minimum absolute atomic E-state index is 0.0225. The molecule has 0 atom stereocenters. The first kappa shape index (κ1) is 21.7. The minimum Gasteiger partial charge on any atom is -0.364 e. The predicted molar refractivity (Wildman–Crippen MR) is 104 cm³/mol. The lowest BCUT2D eigenvalue weighted by molar-refractivity contribution is -0.384. The molecule has 30 heavy (non-hydrogen) atoms. The van der Waals surface area contributed by atoms with Gasteiger partial charge in [0, 0.05) is 30.9 Å². The van der Waals surface area contributed by atoms with Crippen LogP contribution in [0.25, 0.3) is 0 Å². The van der Waals surface area contributed by atoms with Crippen LogP contribution in [-0.4, -0.2) is 32.5 Å². The first-order valence-corrected chi connectivity index (χ1v) is 9.50. The van der Waals surface area contributed by atoms with Gasteiger partial charge in [0.25, 0.3) is 0 Å². The highest BCUT2D eigenvalue weighted by atomic mass is 19.4. The van der Waals surface area contributed by atoms with Crippen molar-refractivity contribution >= 4 is 17.5 Å². The fourth-order valence-electron chi connectivity index (χ4n) is 3.37. The summed E-state index contributed by atoms with van der Waals surface area (Å²) in [4.78, 5) is 22.0. The molecule has 2 aromatic rings. The van der Waals surface area contributed by atoms with Crippen molar-refractivity contribution in [2.24, 2.45) is 11.7 Å². The van der Waals surface area contributed by atoms with E-state index in [1.165, 1.54) is 12.1 Å². The fraction of sp³-hybridized carbons (Fsp3) is 0.500. The number of aromatic nitrogens is 3. The van der Waals surface area contributed by atoms with Gasteiger partial charge in [0.15, 0.2) is 0 Å². The Bertz CT molecular complexity index is 886. The molecule has 4 N–H and O–H groups in total. The highest BCUT2D eigenvalue weighted by molar-refractivity contribution is 5.57. The van der Waals surface area contributed by atoms with Crippen molar-refractivity contribution in [3.8, 4) is 0 Å². The number of halogens is 3. The van der Waals surface area contributed by atoms with Gasteiger partial charge in [0.2, 0.25) is 11.8 Å². The Balaban J connectivity index is 1.71. The predicted octanol–water partition coefficient (Wildman–Crippen LogP) is 3.34. The van der Waals surface area contributed by atoms with Crippen LogP contribution in [-0.2, 0) is 12.7 Å². The Kier molecular flexibility index (Phi) is 6.65. The standard InChI is InChI=1S/C18H22F3N7O2/c19-18(20,21)15-12(2-1-7-23-15)9-25-17-26-10-14(28(29)30)16(27-17)24-8-11-3-5-13(22)6-4-11/h1-2,7,10-11,13H,3-6,8-9,22H2,(H2,24,25,26,27)/t11-,13-. The summed E-state index contributed by atoms with van der Waals surface area (Å²) < 4.78 is 39.2. The Morgan fingerprint density at radius 3 is 2.60 bits per heavy atom. The smallest absolute Gasteiger partial charge is 0.364 e. The van der Waals surface area contributed by atoms with Gasteiger partial charge in [-0.05, 0) is 37.7 Å². The third kappa shape index (κ3) is 5.53. The monoisotopic (exact) mass is 425 g/mol. The van der Waals surface area contributed by atoms with Crippen LogP contribution < -0.4 is 16.4 Å². The van der Waals surface area contributed by atoms with E-state index in [1.54, 1.807) is 0 Å². The second-order valence-corrected chi connectivity index (χ2v) is 7.21. The summed E-state index contributed by atoms with van der Waals surface area (Å²) in [6.07, 6.45) is 1.13. The number of nitrogens with two attached hydrogens (primary N) is 1. The molecule has 2 heterocycles. The lowest BCUT2D eigenvalue weighted by atomic mass is 9.86. The van der Waals surface area contributed by atoms with Crippen LogP contribution in [0.15, 0.2) is 24.5 Å². The van der Waals surface area contributed by atoms with E-state index in [1.807, 2.05) is 0 Å². The number of pyridine rings is 1. The minimum atomic E-state index is -4.59. The van der Waals surface area contributed by atoms with Crippen molar-refractivity contribution in [3.63, 3.8) is 0 Å². The maximum Gasteiger partial charge on any atom is 0.433 e. The lowest BCUT2D eigenvalue weighted by Crippen LogP contribution is -2.29. The molecule has 1 aliphatic carbocycles. The summed E-state index contributed by atoms with van der Waals surface area (Å²) in [5.74, 6) is 0.320. The van der Waals surface area contributed by atoms with Gasteiger partial charge in [-0.1, -0.05) is 6.07 Å². The van der Waals surface area contributed by atoms with Crippen molar-refractivity contribution in [1.82, 2.24) is 15.0 Å². The van der Waals surface area contributed by atoms with Crippen LogP contribution in [0.5, 0.6) is 0 Å². The molecule has 1 fully saturated rings. The van der Waals surface area contributed by atoms with E-state index in [0.717, 1.165) is 38.1 Å². The highest BCUT2D eigenvalue weighted by Crippen LogP contribution is 2.30. The maximum absolute atomic E-state index is 13.1. The first-order chi connectivity index (χ1) is 14.2. The molecule has 1 aliphatic rings. The summed E-state index contributed by atoms with van der Waals surface area (Å²) in [5, 5.41) is 16.9. The molecule has 0 amide bonds. The average Bonchev–Trinajstić information content (AvgIpc) is 2.71. The van der Waals surface area contributed by atoms with Gasteiger partial charge in [0.05, 0.1) is 4.92 Å². The van der Waals surface area contributed by atoms with E-state index >= 15 is 0 Å². The Hall–Kier alpha value is -3.02. The molecule has 0 aromatic carbocycles. The van der Waals surface area contributed by atoms with Gasteiger partial charge in [0.1, 0.15) is 11.9 Å². The number of anilines is 2. The molecule has 0 bridgehead atoms. The van der Waals surface area contributed by atoms with Gasteiger partial charge in [-0.25, -0.2) is 4.98 Å². The maximum atomic E-state index is 13.1.